The van der Waals surface area contributed by atoms with Gasteiger partial charge in [-0.25, -0.2) is 4.79 Å². The van der Waals surface area contributed by atoms with Crippen LogP contribution < -0.4 is 14.8 Å². The molecule has 0 bridgehead atoms. The number of rotatable bonds is 8. The van der Waals surface area contributed by atoms with Crippen molar-refractivity contribution in [2.75, 3.05) is 26.1 Å². The smallest absolute Gasteiger partial charge is 0.322 e. The van der Waals surface area contributed by atoms with Crippen LogP contribution in [0.25, 0.3) is 0 Å². The molecule has 3 aromatic rings. The van der Waals surface area contributed by atoms with Gasteiger partial charge in [-0.3, -0.25) is 0 Å². The van der Waals surface area contributed by atoms with E-state index in [4.69, 9.17) is 9.47 Å². The van der Waals surface area contributed by atoms with Crippen molar-refractivity contribution in [1.82, 2.24) is 4.90 Å². The quantitative estimate of drug-likeness (QED) is 0.545. The third-order valence-electron chi connectivity index (χ3n) is 4.60. The van der Waals surface area contributed by atoms with Gasteiger partial charge in [0.05, 0.1) is 20.8 Å². The molecule has 0 aliphatic heterocycles. The average Bonchev–Trinajstić information content (AvgIpc) is 3.24. The summed E-state index contributed by atoms with van der Waals surface area (Å²) in [4.78, 5) is 16.0. The van der Waals surface area contributed by atoms with Crippen LogP contribution in [0.1, 0.15) is 16.0 Å². The molecule has 2 aromatic carbocycles. The molecule has 152 valence electrons. The van der Waals surface area contributed by atoms with E-state index in [1.54, 1.807) is 25.6 Å². The number of methoxy groups -OCH3 is 2. The Morgan fingerprint density at radius 1 is 1.03 bits per heavy atom. The summed E-state index contributed by atoms with van der Waals surface area (Å²) in [6, 6.07) is 17.6. The maximum absolute atomic E-state index is 13.0. The van der Waals surface area contributed by atoms with E-state index in [2.05, 4.69) is 5.32 Å². The fourth-order valence-electron chi connectivity index (χ4n) is 3.07. The third kappa shape index (κ3) is 5.74. The first-order valence-corrected chi connectivity index (χ1v) is 10.3. The summed E-state index contributed by atoms with van der Waals surface area (Å²) in [5, 5.41) is 5.05. The second-order valence-corrected chi connectivity index (χ2v) is 7.77. The number of ether oxygens (including phenoxy) is 2. The molecule has 0 saturated carbocycles. The van der Waals surface area contributed by atoms with Crippen molar-refractivity contribution in [3.63, 3.8) is 0 Å². The lowest BCUT2D eigenvalue weighted by atomic mass is 10.1. The number of nitrogens with one attached hydrogen (secondary N) is 1. The van der Waals surface area contributed by atoms with Crippen LogP contribution in [0.3, 0.4) is 0 Å². The average molecular weight is 411 g/mol. The van der Waals surface area contributed by atoms with Gasteiger partial charge in [-0.15, -0.1) is 11.3 Å². The standard InChI is InChI=1S/C23H26N2O3S/c1-17-6-4-7-19(14-17)24-23(26)25(16-20-8-5-13-29-20)12-11-18-9-10-21(27-2)22(15-18)28-3/h4-10,13-15H,11-12,16H2,1-3H3,(H,24,26). The van der Waals surface area contributed by atoms with Crippen molar-refractivity contribution in [2.24, 2.45) is 0 Å². The van der Waals surface area contributed by atoms with Crippen molar-refractivity contribution >= 4 is 23.1 Å². The Balaban J connectivity index is 1.72. The van der Waals surface area contributed by atoms with E-state index in [9.17, 15) is 4.79 Å². The van der Waals surface area contributed by atoms with Crippen LogP contribution in [0, 0.1) is 6.92 Å². The Morgan fingerprint density at radius 3 is 2.55 bits per heavy atom. The largest absolute Gasteiger partial charge is 0.493 e. The molecule has 1 heterocycles. The van der Waals surface area contributed by atoms with Gasteiger partial charge < -0.3 is 19.7 Å². The van der Waals surface area contributed by atoms with Crippen molar-refractivity contribution in [1.29, 1.82) is 0 Å². The molecule has 0 saturated heterocycles. The first-order chi connectivity index (χ1) is 14.1. The number of anilines is 1. The number of nitrogens with zero attached hydrogens (tertiary/aromatic N) is 1. The van der Waals surface area contributed by atoms with Crippen LogP contribution in [-0.2, 0) is 13.0 Å². The first-order valence-electron chi connectivity index (χ1n) is 9.45. The zero-order chi connectivity index (χ0) is 20.6. The fourth-order valence-corrected chi connectivity index (χ4v) is 3.79. The molecule has 0 radical (unpaired) electrons. The number of thiophene rings is 1. The molecule has 3 rings (SSSR count). The van der Waals surface area contributed by atoms with Gasteiger partial charge >= 0.3 is 6.03 Å². The number of hydrogen-bond acceptors (Lipinski definition) is 4. The van der Waals surface area contributed by atoms with Crippen LogP contribution in [0.15, 0.2) is 60.0 Å². The summed E-state index contributed by atoms with van der Waals surface area (Å²) in [5.41, 5.74) is 3.00. The highest BCUT2D eigenvalue weighted by Crippen LogP contribution is 2.28. The van der Waals surface area contributed by atoms with Crippen molar-refractivity contribution in [2.45, 2.75) is 19.9 Å². The van der Waals surface area contributed by atoms with Crippen LogP contribution in [0.4, 0.5) is 10.5 Å². The zero-order valence-electron chi connectivity index (χ0n) is 17.0. The van der Waals surface area contributed by atoms with E-state index >= 15 is 0 Å². The number of carbonyl (C=O) groups excluding carboxylic acids is 1. The number of hydrogen-bond donors (Lipinski definition) is 1. The molecule has 0 aliphatic rings. The molecular weight excluding hydrogens is 384 g/mol. The van der Waals surface area contributed by atoms with Crippen LogP contribution in [0.5, 0.6) is 11.5 Å². The second-order valence-electron chi connectivity index (χ2n) is 6.74. The molecule has 0 spiro atoms. The second kappa shape index (κ2) is 9.98. The number of amides is 2. The molecule has 0 fully saturated rings. The van der Waals surface area contributed by atoms with Gasteiger partial charge in [0, 0.05) is 17.1 Å². The lowest BCUT2D eigenvalue weighted by Gasteiger charge is -2.23. The minimum Gasteiger partial charge on any atom is -0.493 e. The molecular formula is C23H26N2O3S. The zero-order valence-corrected chi connectivity index (χ0v) is 17.8. The molecule has 1 aromatic heterocycles. The van der Waals surface area contributed by atoms with Crippen LogP contribution in [-0.4, -0.2) is 31.7 Å². The van der Waals surface area contributed by atoms with E-state index in [1.165, 1.54) is 0 Å². The lowest BCUT2D eigenvalue weighted by molar-refractivity contribution is 0.210. The van der Waals surface area contributed by atoms with Gasteiger partial charge in [0.1, 0.15) is 0 Å². The molecule has 29 heavy (non-hydrogen) atoms. The van der Waals surface area contributed by atoms with Gasteiger partial charge in [-0.05, 0) is 60.2 Å². The first kappa shape index (κ1) is 20.7. The van der Waals surface area contributed by atoms with Crippen molar-refractivity contribution in [3.05, 3.63) is 76.0 Å². The number of benzene rings is 2. The summed E-state index contributed by atoms with van der Waals surface area (Å²) >= 11 is 1.65. The predicted molar refractivity (Wildman–Crippen MR) is 118 cm³/mol. The Hall–Kier alpha value is -2.99. The molecule has 5 nitrogen and oxygen atoms in total. The summed E-state index contributed by atoms with van der Waals surface area (Å²) in [7, 11) is 3.25. The highest BCUT2D eigenvalue weighted by atomic mass is 32.1. The molecule has 6 heteroatoms. The van der Waals surface area contributed by atoms with Gasteiger partial charge in [0.15, 0.2) is 11.5 Å². The predicted octanol–water partition coefficient (Wildman–Crippen LogP) is 5.35. The summed E-state index contributed by atoms with van der Waals surface area (Å²) in [6.45, 7) is 3.17. The van der Waals surface area contributed by atoms with Gasteiger partial charge in [-0.1, -0.05) is 24.3 Å². The van der Waals surface area contributed by atoms with Crippen LogP contribution >= 0.6 is 11.3 Å². The maximum atomic E-state index is 13.0. The summed E-state index contributed by atoms with van der Waals surface area (Å²) in [6.07, 6.45) is 0.715. The molecule has 0 aliphatic carbocycles. The Kier molecular flexibility index (Phi) is 7.14. The van der Waals surface area contributed by atoms with Gasteiger partial charge in [0.2, 0.25) is 0 Å². The molecule has 2 amide bonds. The van der Waals surface area contributed by atoms with Crippen molar-refractivity contribution < 1.29 is 14.3 Å². The van der Waals surface area contributed by atoms with Crippen LogP contribution in [0.2, 0.25) is 0 Å². The van der Waals surface area contributed by atoms with E-state index < -0.39 is 0 Å². The highest BCUT2D eigenvalue weighted by molar-refractivity contribution is 7.09. The Labute approximate surface area is 175 Å². The number of carbonyl (C=O) groups is 1. The van der Waals surface area contributed by atoms with E-state index in [1.807, 2.05) is 71.8 Å². The monoisotopic (exact) mass is 410 g/mol. The normalized spacial score (nSPS) is 10.4. The topological polar surface area (TPSA) is 50.8 Å². The third-order valence-corrected chi connectivity index (χ3v) is 5.46. The van der Waals surface area contributed by atoms with Gasteiger partial charge in [-0.2, -0.15) is 0 Å². The summed E-state index contributed by atoms with van der Waals surface area (Å²) < 4.78 is 10.7. The SMILES string of the molecule is COc1ccc(CCN(Cc2cccs2)C(=O)Nc2cccc(C)c2)cc1OC. The molecule has 0 atom stereocenters. The number of urea groups is 1. The van der Waals surface area contributed by atoms with E-state index in [0.717, 1.165) is 21.7 Å². The minimum absolute atomic E-state index is 0.107. The minimum atomic E-state index is -0.107. The lowest BCUT2D eigenvalue weighted by Crippen LogP contribution is -2.35. The number of aryl methyl sites for hydroxylation is 1. The van der Waals surface area contributed by atoms with Gasteiger partial charge in [0.25, 0.3) is 0 Å². The maximum Gasteiger partial charge on any atom is 0.322 e. The Morgan fingerprint density at radius 2 is 1.86 bits per heavy atom. The highest BCUT2D eigenvalue weighted by Gasteiger charge is 2.16. The summed E-state index contributed by atoms with van der Waals surface area (Å²) in [5.74, 6) is 1.39. The van der Waals surface area contributed by atoms with E-state index in [0.29, 0.717) is 31.0 Å². The Bertz CT molecular complexity index is 941. The molecule has 1 N–H and O–H groups in total. The fraction of sp³-hybridized carbons (Fsp3) is 0.261. The molecule has 0 unspecified atom stereocenters. The van der Waals surface area contributed by atoms with E-state index in [-0.39, 0.29) is 6.03 Å². The van der Waals surface area contributed by atoms with Crippen molar-refractivity contribution in [3.8, 4) is 11.5 Å².